The van der Waals surface area contributed by atoms with Crippen LogP contribution in [0.4, 0.5) is 70.4 Å². The van der Waals surface area contributed by atoms with Crippen molar-refractivity contribution < 1.29 is 127 Å². The fourth-order valence-corrected chi connectivity index (χ4v) is 16.8. The van der Waals surface area contributed by atoms with Crippen molar-refractivity contribution in [3.8, 4) is 67.9 Å². The van der Waals surface area contributed by atoms with E-state index in [2.05, 4.69) is 36.2 Å². The summed E-state index contributed by atoms with van der Waals surface area (Å²) in [4.78, 5) is 105. The molecule has 3 aliphatic heterocycles. The molecule has 9 N–H and O–H groups in total. The number of unbranched alkanes of at least 4 members (excludes halogenated alkanes) is 1. The number of amides is 1. The number of hydrogen-bond donors (Lipinski definition) is 7. The van der Waals surface area contributed by atoms with Gasteiger partial charge in [-0.1, -0.05) is 150 Å². The number of aliphatic hydroxyl groups is 4. The van der Waals surface area contributed by atoms with Crippen molar-refractivity contribution >= 4 is 70.4 Å². The van der Waals surface area contributed by atoms with E-state index >= 15 is 8.78 Å². The van der Waals surface area contributed by atoms with Crippen molar-refractivity contribution in [2.75, 3.05) is 55.0 Å². The number of nitrogens with one attached hydrogen (secondary N) is 1. The van der Waals surface area contributed by atoms with Gasteiger partial charge in [0.15, 0.2) is 18.3 Å². The summed E-state index contributed by atoms with van der Waals surface area (Å²) in [5.41, 5.74) is 13.1. The van der Waals surface area contributed by atoms with Crippen LogP contribution in [0.5, 0.6) is 34.5 Å². The van der Waals surface area contributed by atoms with Crippen LogP contribution in [0.1, 0.15) is 81.2 Å². The van der Waals surface area contributed by atoms with Crippen molar-refractivity contribution in [2.24, 2.45) is 0 Å². The summed E-state index contributed by atoms with van der Waals surface area (Å²) in [6.07, 6.45) is -19.3. The molecule has 142 heavy (non-hydrogen) atoms. The molecule has 3 fully saturated rings. The molecular formula is C94H89BrF6N13O27P. The lowest BCUT2D eigenvalue weighted by Crippen LogP contribution is -2.42. The number of rotatable bonds is 35. The second kappa shape index (κ2) is 46.1. The second-order valence-electron chi connectivity index (χ2n) is 31.7. The van der Waals surface area contributed by atoms with Crippen LogP contribution < -0.4 is 48.1 Å². The number of carbonyl (C=O) groups is 2. The number of anilines is 3. The lowest BCUT2D eigenvalue weighted by atomic mass is 10.1. The molecule has 40 nitrogen and oxygen atoms in total. The van der Waals surface area contributed by atoms with Gasteiger partial charge in [0.2, 0.25) is 35.9 Å². The quantitative estimate of drug-likeness (QED) is 0.00369. The number of nitro benzene ring substituents is 3. The SMILES string of the molecule is CC(OC(=O)Nc1ccn(C2OC(CO)C(O)C2(F)F)c(=O)n1)c1ccc([N+](=O)[O-])c(Oc2ccc(-c3ccccc3)cc2)c1.CC(OC(=O)OCC1OC(n2ccc(N)nc2=O)C(F)(F)C1O)c1ccc([N+](=O)[O-])c(Oc2ccc(-c3ccccc3)cc2)c1.CCN(CCCCBr)P(=O)(OCc1ccc([N+](=O)[O-])c(Oc2ccc(-c3ccccc3)cc2)c1)OCC1OC(n2ccc(N)nc2=O)C(F)(F)C1O. The Labute approximate surface area is 809 Å². The number of halogens is 7. The van der Waals surface area contributed by atoms with Gasteiger partial charge < -0.3 is 74.5 Å². The third kappa shape index (κ3) is 25.2. The van der Waals surface area contributed by atoms with Crippen molar-refractivity contribution in [1.82, 2.24) is 33.3 Å². The Bertz CT molecular complexity index is 6710. The second-order valence-corrected chi connectivity index (χ2v) is 34.5. The number of carbonyl (C=O) groups excluding carboxylic acids is 2. The minimum atomic E-state index is -4.30. The monoisotopic (exact) mass is 2060 g/mol. The van der Waals surface area contributed by atoms with E-state index in [1.54, 1.807) is 55.5 Å². The van der Waals surface area contributed by atoms with Crippen LogP contribution in [-0.2, 0) is 48.6 Å². The van der Waals surface area contributed by atoms with Crippen molar-refractivity contribution in [3.63, 3.8) is 0 Å². The molecule has 1 amide bonds. The van der Waals surface area contributed by atoms with E-state index in [1.807, 2.05) is 115 Å². The Morgan fingerprint density at radius 2 is 0.880 bits per heavy atom. The maximum atomic E-state index is 15.2. The smallest absolute Gasteiger partial charge is 0.450 e. The maximum Gasteiger partial charge on any atom is 0.508 e. The Kier molecular flexibility index (Phi) is 34.0. The molecule has 3 aliphatic rings. The van der Waals surface area contributed by atoms with Gasteiger partial charge in [0.05, 0.1) is 34.6 Å². The van der Waals surface area contributed by atoms with E-state index in [0.717, 1.165) is 70.2 Å². The first kappa shape index (κ1) is 105. The number of hydrogen-bond acceptors (Lipinski definition) is 32. The molecule has 6 heterocycles. The molecule has 3 saturated heterocycles. The summed E-state index contributed by atoms with van der Waals surface area (Å²) in [7, 11) is -4.30. The first-order valence-corrected chi connectivity index (χ1v) is 45.8. The minimum absolute atomic E-state index is 0.0921. The molecular weight excluding hydrogens is 1970 g/mol. The van der Waals surface area contributed by atoms with E-state index in [-0.39, 0.29) is 71.5 Å². The molecule has 0 aliphatic carbocycles. The molecule has 48 heteroatoms. The topological polar surface area (TPSA) is 535 Å². The number of aliphatic hydroxyl groups excluding tert-OH is 4. The third-order valence-electron chi connectivity index (χ3n) is 22.2. The zero-order valence-electron chi connectivity index (χ0n) is 74.9. The van der Waals surface area contributed by atoms with Crippen molar-refractivity contribution in [1.29, 1.82) is 0 Å². The molecule has 12 atom stereocenters. The van der Waals surface area contributed by atoms with Gasteiger partial charge in [-0.05, 0) is 168 Å². The van der Waals surface area contributed by atoms with Gasteiger partial charge in [-0.25, -0.2) is 33.2 Å². The lowest BCUT2D eigenvalue weighted by Gasteiger charge is -2.30. The number of aromatic nitrogens is 6. The predicted octanol–water partition coefficient (Wildman–Crippen LogP) is 16.7. The number of alkyl halides is 7. The summed E-state index contributed by atoms with van der Waals surface area (Å²) >= 11 is 3.36. The van der Waals surface area contributed by atoms with Crippen LogP contribution in [0.15, 0.2) is 270 Å². The lowest BCUT2D eigenvalue weighted by molar-refractivity contribution is -0.385. The Morgan fingerprint density at radius 1 is 0.507 bits per heavy atom. The first-order valence-electron chi connectivity index (χ1n) is 43.2. The fraction of sp³-hybridized carbons (Fsp3) is 0.277. The fourth-order valence-electron chi connectivity index (χ4n) is 14.7. The van der Waals surface area contributed by atoms with Crippen LogP contribution in [-0.4, -0.2) is 173 Å². The van der Waals surface area contributed by atoms with Crippen LogP contribution in [0.3, 0.4) is 0 Å². The molecule has 12 unspecified atom stereocenters. The third-order valence-corrected chi connectivity index (χ3v) is 24.8. The zero-order valence-corrected chi connectivity index (χ0v) is 77.3. The average Bonchev–Trinajstić information content (AvgIpc) is 1.62. The average molecular weight is 2060 g/mol. The van der Waals surface area contributed by atoms with Crippen LogP contribution in [0.25, 0.3) is 33.4 Å². The van der Waals surface area contributed by atoms with E-state index in [9.17, 15) is 91.8 Å². The molecule has 15 rings (SSSR count). The zero-order chi connectivity index (χ0) is 102. The molecule has 746 valence electrons. The summed E-state index contributed by atoms with van der Waals surface area (Å²) in [5, 5.41) is 77.5. The predicted molar refractivity (Wildman–Crippen MR) is 499 cm³/mol. The summed E-state index contributed by atoms with van der Waals surface area (Å²) < 4.78 is 166. The largest absolute Gasteiger partial charge is 0.508 e. The van der Waals surface area contributed by atoms with Gasteiger partial charge in [-0.3, -0.25) is 58.4 Å². The standard InChI is InChI=1S/C34H37BrF2N5O9P.2C30H26F2N4O9/c1-2-40(18-7-6-17-35)52(47,49-22-29-31(43)34(36,37)32(51-29)41-19-16-30(38)39-33(41)44)48-21-23-10-15-27(42(45)46)28(20-23)50-26-13-11-25(12-14-26)24-8-4-3-5-9-24;1-17(43-29(39)42-16-24-26(37)30(31,32)27(45-24)35-14-13-25(33)34-28(35)38)20-9-12-22(36(40)41)23(15-20)44-21-10-7-19(8-11-21)18-5-3-2-4-6-18;1-17(43-29(40)34-25-13-14-35(28(39)33-25)27-30(31,32)26(38)24(16-37)45-27)20-9-12-22(36(41)42)23(15-20)44-21-10-7-19(8-11-21)18-5-3-2-4-6-18/h3-5,8-16,19-20,29,31-32,43H,2,6-7,17-18,21-22H2,1H3,(H2,38,39,44);2-15,17,24,26-27,37H,16H2,1H3,(H2,33,34,38);2-15,17,24,26-27,37-38H,16H2,1H3,(H,33,34,39,40). The molecule has 9 aromatic carbocycles. The van der Waals surface area contributed by atoms with E-state index < -0.39 is 157 Å². The number of nitrogens with zero attached hydrogens (tertiary/aromatic N) is 10. The maximum absolute atomic E-state index is 15.2. The van der Waals surface area contributed by atoms with Gasteiger partial charge in [-0.15, -0.1) is 0 Å². The van der Waals surface area contributed by atoms with Crippen LogP contribution in [0.2, 0.25) is 0 Å². The number of ether oxygens (including phenoxy) is 9. The highest BCUT2D eigenvalue weighted by molar-refractivity contribution is 9.09. The highest BCUT2D eigenvalue weighted by Crippen LogP contribution is 2.55. The molecule has 0 saturated carbocycles. The Hall–Kier alpha value is -14.8. The van der Waals surface area contributed by atoms with Gasteiger partial charge in [-0.2, -0.15) is 41.3 Å². The van der Waals surface area contributed by atoms with Gasteiger partial charge in [0.1, 0.15) is 71.8 Å². The van der Waals surface area contributed by atoms with Gasteiger partial charge in [0, 0.05) is 55.2 Å². The molecule has 0 radical (unpaired) electrons. The summed E-state index contributed by atoms with van der Waals surface area (Å²) in [6, 6.07) is 64.8. The van der Waals surface area contributed by atoms with Crippen LogP contribution in [0, 0.1) is 30.3 Å². The highest BCUT2D eigenvalue weighted by atomic mass is 79.9. The molecule has 0 bridgehead atoms. The molecule has 12 aromatic rings. The molecule has 3 aromatic heterocycles. The highest BCUT2D eigenvalue weighted by Gasteiger charge is 2.62. The molecule has 0 spiro atoms. The summed E-state index contributed by atoms with van der Waals surface area (Å²) in [6.45, 7) is 2.14. The van der Waals surface area contributed by atoms with Crippen LogP contribution >= 0.6 is 23.7 Å². The minimum Gasteiger partial charge on any atom is -0.450 e. The number of benzene rings is 9. The van der Waals surface area contributed by atoms with E-state index in [1.165, 1.54) is 73.1 Å². The van der Waals surface area contributed by atoms with Crippen molar-refractivity contribution in [2.45, 2.75) is 126 Å². The van der Waals surface area contributed by atoms with Gasteiger partial charge >= 0.3 is 71.9 Å². The van der Waals surface area contributed by atoms with Crippen molar-refractivity contribution in [3.05, 3.63) is 334 Å². The number of nitrogen functional groups attached to an aromatic ring is 2. The van der Waals surface area contributed by atoms with Gasteiger partial charge in [0.25, 0.3) is 0 Å². The summed E-state index contributed by atoms with van der Waals surface area (Å²) in [5.74, 6) is -11.8. The number of nitro groups is 3. The Morgan fingerprint density at radius 3 is 1.27 bits per heavy atom. The normalized spacial score (nSPS) is 19.4. The Balaban J connectivity index is 0.000000180. The van der Waals surface area contributed by atoms with E-state index in [0.29, 0.717) is 65.8 Å². The van der Waals surface area contributed by atoms with E-state index in [4.69, 9.17) is 68.3 Å². The first-order chi connectivity index (χ1) is 67.8. The number of nitrogens with two attached hydrogens (primary N) is 2.